The minimum Gasteiger partial charge on any atom is -0.360 e. The summed E-state index contributed by atoms with van der Waals surface area (Å²) in [4.78, 5) is 12.7. The summed E-state index contributed by atoms with van der Waals surface area (Å²) in [6.45, 7) is 1.76. The van der Waals surface area contributed by atoms with Crippen molar-refractivity contribution in [3.63, 3.8) is 0 Å². The van der Waals surface area contributed by atoms with Crippen molar-refractivity contribution in [1.29, 1.82) is 0 Å². The van der Waals surface area contributed by atoms with Crippen molar-refractivity contribution < 1.29 is 9.32 Å². The molecule has 2 aromatic heterocycles. The third-order valence-electron chi connectivity index (χ3n) is 3.30. The molecule has 4 nitrogen and oxygen atoms in total. The van der Waals surface area contributed by atoms with E-state index in [0.29, 0.717) is 22.6 Å². The highest BCUT2D eigenvalue weighted by Crippen LogP contribution is 2.28. The van der Waals surface area contributed by atoms with Crippen LogP contribution in [0.15, 0.2) is 51.7 Å². The van der Waals surface area contributed by atoms with Crippen LogP contribution in [-0.4, -0.2) is 15.5 Å². The van der Waals surface area contributed by atoms with E-state index in [9.17, 15) is 4.79 Å². The lowest BCUT2D eigenvalue weighted by molar-refractivity contribution is 0.103. The van der Waals surface area contributed by atoms with Crippen LogP contribution in [0.5, 0.6) is 0 Å². The Hall–Kier alpha value is -2.14. The van der Waals surface area contributed by atoms with Crippen LogP contribution in [0.4, 0.5) is 0 Å². The standard InChI is InChI=1S/C16H13BrN2O2/c1-10-14(16(20)12-7-8-19(2)9-12)15(18-21-10)11-3-5-13(17)6-4-11/h3-9H,1-2H3. The molecule has 0 amide bonds. The van der Waals surface area contributed by atoms with Crippen LogP contribution >= 0.6 is 15.9 Å². The Morgan fingerprint density at radius 3 is 2.57 bits per heavy atom. The lowest BCUT2D eigenvalue weighted by Crippen LogP contribution is -2.02. The third kappa shape index (κ3) is 2.56. The molecular formula is C16H13BrN2O2. The Morgan fingerprint density at radius 1 is 1.24 bits per heavy atom. The molecule has 0 N–H and O–H groups in total. The van der Waals surface area contributed by atoms with Gasteiger partial charge in [0.1, 0.15) is 11.5 Å². The summed E-state index contributed by atoms with van der Waals surface area (Å²) >= 11 is 3.40. The molecule has 0 spiro atoms. The first kappa shape index (κ1) is 13.8. The fourth-order valence-electron chi connectivity index (χ4n) is 2.23. The van der Waals surface area contributed by atoms with Gasteiger partial charge >= 0.3 is 0 Å². The number of aromatic nitrogens is 2. The maximum Gasteiger partial charge on any atom is 0.200 e. The largest absolute Gasteiger partial charge is 0.360 e. The molecule has 3 rings (SSSR count). The molecule has 21 heavy (non-hydrogen) atoms. The van der Waals surface area contributed by atoms with Crippen molar-refractivity contribution in [1.82, 2.24) is 9.72 Å². The zero-order chi connectivity index (χ0) is 15.0. The second kappa shape index (κ2) is 5.33. The summed E-state index contributed by atoms with van der Waals surface area (Å²) in [5.41, 5.74) is 2.58. The fraction of sp³-hybridized carbons (Fsp3) is 0.125. The van der Waals surface area contributed by atoms with Crippen LogP contribution in [0, 0.1) is 6.92 Å². The van der Waals surface area contributed by atoms with Gasteiger partial charge in [0.15, 0.2) is 5.78 Å². The molecule has 5 heteroatoms. The Balaban J connectivity index is 2.09. The quantitative estimate of drug-likeness (QED) is 0.675. The molecule has 0 unspecified atom stereocenters. The number of halogens is 1. The predicted octanol–water partition coefficient (Wildman–Crippen LogP) is 3.98. The minimum absolute atomic E-state index is 0.0766. The SMILES string of the molecule is Cc1onc(-c2ccc(Br)cc2)c1C(=O)c1ccn(C)c1. The molecular weight excluding hydrogens is 332 g/mol. The maximum absolute atomic E-state index is 12.7. The van der Waals surface area contributed by atoms with Crippen molar-refractivity contribution in [3.05, 3.63) is 64.1 Å². The van der Waals surface area contributed by atoms with Gasteiger partial charge in [-0.15, -0.1) is 0 Å². The normalized spacial score (nSPS) is 10.8. The molecule has 1 aromatic carbocycles. The van der Waals surface area contributed by atoms with Gasteiger partial charge in [-0.25, -0.2) is 0 Å². The Labute approximate surface area is 130 Å². The second-order valence-electron chi connectivity index (χ2n) is 4.86. The van der Waals surface area contributed by atoms with Gasteiger partial charge < -0.3 is 9.09 Å². The van der Waals surface area contributed by atoms with Gasteiger partial charge in [0, 0.05) is 35.0 Å². The van der Waals surface area contributed by atoms with Gasteiger partial charge in [-0.1, -0.05) is 33.2 Å². The van der Waals surface area contributed by atoms with Crippen LogP contribution in [0.2, 0.25) is 0 Å². The van der Waals surface area contributed by atoms with E-state index in [-0.39, 0.29) is 5.78 Å². The molecule has 106 valence electrons. The molecule has 0 aliphatic carbocycles. The van der Waals surface area contributed by atoms with Gasteiger partial charge in [-0.3, -0.25) is 4.79 Å². The van der Waals surface area contributed by atoms with E-state index in [2.05, 4.69) is 21.1 Å². The van der Waals surface area contributed by atoms with Gasteiger partial charge in [0.25, 0.3) is 0 Å². The predicted molar refractivity (Wildman–Crippen MR) is 83.2 cm³/mol. The third-order valence-corrected chi connectivity index (χ3v) is 3.83. The average molecular weight is 345 g/mol. The highest BCUT2D eigenvalue weighted by atomic mass is 79.9. The number of hydrogen-bond donors (Lipinski definition) is 0. The van der Waals surface area contributed by atoms with E-state index in [4.69, 9.17) is 4.52 Å². The number of carbonyl (C=O) groups is 1. The van der Waals surface area contributed by atoms with Crippen LogP contribution in [-0.2, 0) is 7.05 Å². The molecule has 0 aliphatic heterocycles. The van der Waals surface area contributed by atoms with Crippen LogP contribution in [0.1, 0.15) is 21.7 Å². The second-order valence-corrected chi connectivity index (χ2v) is 5.78. The zero-order valence-electron chi connectivity index (χ0n) is 11.6. The van der Waals surface area contributed by atoms with E-state index in [1.165, 1.54) is 0 Å². The van der Waals surface area contributed by atoms with Crippen molar-refractivity contribution in [2.75, 3.05) is 0 Å². The molecule has 2 heterocycles. The summed E-state index contributed by atoms with van der Waals surface area (Å²) < 4.78 is 8.06. The van der Waals surface area contributed by atoms with Crippen LogP contribution < -0.4 is 0 Å². The lowest BCUT2D eigenvalue weighted by Gasteiger charge is -2.01. The van der Waals surface area contributed by atoms with Crippen molar-refractivity contribution in [2.24, 2.45) is 7.05 Å². The molecule has 0 saturated carbocycles. The first-order valence-corrected chi connectivity index (χ1v) is 7.24. The topological polar surface area (TPSA) is 48.0 Å². The molecule has 0 bridgehead atoms. The van der Waals surface area contributed by atoms with Crippen molar-refractivity contribution >= 4 is 21.7 Å². The lowest BCUT2D eigenvalue weighted by atomic mass is 10.00. The minimum atomic E-state index is -0.0766. The van der Waals surface area contributed by atoms with E-state index in [0.717, 1.165) is 10.0 Å². The molecule has 0 fully saturated rings. The number of ketones is 1. The smallest absolute Gasteiger partial charge is 0.200 e. The highest BCUT2D eigenvalue weighted by molar-refractivity contribution is 9.10. The van der Waals surface area contributed by atoms with Crippen LogP contribution in [0.25, 0.3) is 11.3 Å². The molecule has 0 saturated heterocycles. The monoisotopic (exact) mass is 344 g/mol. The molecule has 0 radical (unpaired) electrons. The summed E-state index contributed by atoms with van der Waals surface area (Å²) in [5, 5.41) is 4.05. The van der Waals surface area contributed by atoms with Gasteiger partial charge in [-0.2, -0.15) is 0 Å². The van der Waals surface area contributed by atoms with Crippen molar-refractivity contribution in [3.8, 4) is 11.3 Å². The number of rotatable bonds is 3. The zero-order valence-corrected chi connectivity index (χ0v) is 13.2. The van der Waals surface area contributed by atoms with E-state index < -0.39 is 0 Å². The van der Waals surface area contributed by atoms with E-state index in [1.807, 2.05) is 42.1 Å². The van der Waals surface area contributed by atoms with Crippen molar-refractivity contribution in [2.45, 2.75) is 6.92 Å². The summed E-state index contributed by atoms with van der Waals surface area (Å²) in [5.74, 6) is 0.453. The number of nitrogens with zero attached hydrogens (tertiary/aromatic N) is 2. The maximum atomic E-state index is 12.7. The number of hydrogen-bond acceptors (Lipinski definition) is 3. The van der Waals surface area contributed by atoms with E-state index >= 15 is 0 Å². The number of benzene rings is 1. The Morgan fingerprint density at radius 2 is 1.95 bits per heavy atom. The summed E-state index contributed by atoms with van der Waals surface area (Å²) in [6.07, 6.45) is 3.63. The summed E-state index contributed by atoms with van der Waals surface area (Å²) in [7, 11) is 1.88. The van der Waals surface area contributed by atoms with Gasteiger partial charge in [-0.05, 0) is 25.1 Å². The molecule has 3 aromatic rings. The first-order chi connectivity index (χ1) is 10.1. The Bertz CT molecular complexity index is 800. The number of aryl methyl sites for hydroxylation is 2. The molecule has 0 atom stereocenters. The summed E-state index contributed by atoms with van der Waals surface area (Å²) in [6, 6.07) is 9.43. The van der Waals surface area contributed by atoms with Crippen LogP contribution in [0.3, 0.4) is 0 Å². The highest BCUT2D eigenvalue weighted by Gasteiger charge is 2.23. The fourth-order valence-corrected chi connectivity index (χ4v) is 2.49. The first-order valence-electron chi connectivity index (χ1n) is 6.45. The van der Waals surface area contributed by atoms with E-state index in [1.54, 1.807) is 19.2 Å². The van der Waals surface area contributed by atoms with Gasteiger partial charge in [0.2, 0.25) is 0 Å². The van der Waals surface area contributed by atoms with Gasteiger partial charge in [0.05, 0.1) is 5.56 Å². The average Bonchev–Trinajstić information content (AvgIpc) is 3.05. The molecule has 0 aliphatic rings. The Kier molecular flexibility index (Phi) is 3.51. The number of carbonyl (C=O) groups excluding carboxylic acids is 1.